The number of aliphatic hydroxyl groups excluding tert-OH is 1. The van der Waals surface area contributed by atoms with Gasteiger partial charge in [-0.3, -0.25) is 9.35 Å². The number of aryl methyl sites for hydroxylation is 1. The minimum absolute atomic E-state index is 0.00880. The first kappa shape index (κ1) is 36.0. The summed E-state index contributed by atoms with van der Waals surface area (Å²) in [7, 11) is -11.7. The number of rotatable bonds is 8. The molecule has 12 heteroatoms. The number of benzene rings is 5. The van der Waals surface area contributed by atoms with Crippen LogP contribution in [0.4, 0.5) is 0 Å². The Kier molecular flexibility index (Phi) is 12.7. The van der Waals surface area contributed by atoms with Crippen LogP contribution in [-0.2, 0) is 29.8 Å². The highest BCUT2D eigenvalue weighted by molar-refractivity contribution is 8.08. The van der Waals surface area contributed by atoms with E-state index in [-0.39, 0.29) is 20.5 Å². The van der Waals surface area contributed by atoms with E-state index in [1.54, 1.807) is 97.1 Å². The van der Waals surface area contributed by atoms with E-state index in [4.69, 9.17) is 4.55 Å². The minimum Gasteiger partial charge on any atom is -0.380 e. The Balaban J connectivity index is 0.000000195. The van der Waals surface area contributed by atoms with E-state index in [2.05, 4.69) is 0 Å². The second-order valence-corrected chi connectivity index (χ2v) is 15.6. The Bertz CT molecular complexity index is 1950. The van der Waals surface area contributed by atoms with Gasteiger partial charge >= 0.3 is 0 Å². The first-order valence-electron chi connectivity index (χ1n) is 13.6. The monoisotopic (exact) mass is 680 g/mol. The lowest BCUT2D eigenvalue weighted by Gasteiger charge is -2.09. The van der Waals surface area contributed by atoms with Crippen molar-refractivity contribution >= 4 is 35.6 Å². The van der Waals surface area contributed by atoms with Gasteiger partial charge in [-0.1, -0.05) is 115 Å². The number of carbonyl (C=O) groups excluding carboxylic acids is 1. The maximum absolute atomic E-state index is 12.0. The van der Waals surface area contributed by atoms with E-state index in [0.29, 0.717) is 11.1 Å². The lowest BCUT2D eigenvalue weighted by Crippen LogP contribution is -2.16. The molecule has 2 N–H and O–H groups in total. The third kappa shape index (κ3) is 10.9. The van der Waals surface area contributed by atoms with Crippen LogP contribution < -0.4 is 0 Å². The molecule has 0 fully saturated rings. The second-order valence-electron chi connectivity index (χ2n) is 9.81. The van der Waals surface area contributed by atoms with E-state index in [1.807, 2.05) is 19.1 Å². The molecule has 0 spiro atoms. The molecule has 5 rings (SSSR count). The number of hydrogen-bond donors (Lipinski definition) is 2. The summed E-state index contributed by atoms with van der Waals surface area (Å²) in [6, 6.07) is 38.8. The summed E-state index contributed by atoms with van der Waals surface area (Å²) < 4.78 is 77.7. The molecule has 0 saturated heterocycles. The molecule has 46 heavy (non-hydrogen) atoms. The number of carbonyl (C=O) groups is 1. The topological polar surface area (TPSA) is 160 Å². The van der Waals surface area contributed by atoms with Gasteiger partial charge in [-0.05, 0) is 48.9 Å². The second kappa shape index (κ2) is 16.2. The molecule has 1 unspecified atom stereocenters. The van der Waals surface area contributed by atoms with Gasteiger partial charge in [0, 0.05) is 5.56 Å². The molecule has 0 aliphatic heterocycles. The Labute approximate surface area is 269 Å². The lowest BCUT2D eigenvalue weighted by atomic mass is 10.0. The van der Waals surface area contributed by atoms with Crippen molar-refractivity contribution in [2.45, 2.75) is 27.7 Å². The van der Waals surface area contributed by atoms with E-state index >= 15 is 0 Å². The summed E-state index contributed by atoms with van der Waals surface area (Å²) in [4.78, 5) is 11.8. The fraction of sp³-hybridized carbons (Fsp3) is 0.0882. The van der Waals surface area contributed by atoms with Crippen LogP contribution in [0, 0.1) is 6.92 Å². The SMILES string of the molecule is Cc1ccc(S(=O)(=O)O)cc1.O=C(c1ccccc1)C(O)c1ccccc1.O=S(=O)(CS(=O)(=O)c1ccccc1)c1ccccc1. The van der Waals surface area contributed by atoms with Gasteiger partial charge in [0.15, 0.2) is 30.5 Å². The van der Waals surface area contributed by atoms with E-state index in [1.165, 1.54) is 36.4 Å². The standard InChI is InChI=1S/C14H12O2.C13H12O4S2.C7H8O3S/c15-13(11-7-3-1-4-8-11)14(16)12-9-5-2-6-10-12;14-18(15,12-7-3-1-4-8-12)11-19(16,17)13-9-5-2-6-10-13;1-6-2-4-7(5-3-6)11(8,9)10/h1-10,13,15H;1-10H,11H2;2-5H,1H3,(H,8,9,10). The third-order valence-electron chi connectivity index (χ3n) is 6.26. The number of ketones is 1. The van der Waals surface area contributed by atoms with Crippen molar-refractivity contribution in [3.05, 3.63) is 162 Å². The summed E-state index contributed by atoms with van der Waals surface area (Å²) in [5, 5.41) is 8.97. The van der Waals surface area contributed by atoms with Gasteiger partial charge in [0.1, 0.15) is 6.10 Å². The molecule has 0 aromatic heterocycles. The Morgan fingerprint density at radius 1 is 0.543 bits per heavy atom. The number of Topliss-reactive ketones (excluding diaryl/α,β-unsaturated/α-hetero) is 1. The molecule has 9 nitrogen and oxygen atoms in total. The fourth-order valence-electron chi connectivity index (χ4n) is 3.85. The van der Waals surface area contributed by atoms with E-state index < -0.39 is 41.0 Å². The van der Waals surface area contributed by atoms with Crippen molar-refractivity contribution in [1.29, 1.82) is 0 Å². The summed E-state index contributed by atoms with van der Waals surface area (Å²) >= 11 is 0. The zero-order valence-electron chi connectivity index (χ0n) is 24.6. The molecular formula is C34H32O9S3. The fourth-order valence-corrected chi connectivity index (χ4v) is 8.20. The summed E-state index contributed by atoms with van der Waals surface area (Å²) in [5.41, 5.74) is 2.10. The van der Waals surface area contributed by atoms with Gasteiger partial charge in [-0.2, -0.15) is 8.42 Å². The zero-order chi connectivity index (χ0) is 33.8. The third-order valence-corrected chi connectivity index (χ3v) is 11.6. The van der Waals surface area contributed by atoms with Crippen molar-refractivity contribution in [1.82, 2.24) is 0 Å². The number of sulfone groups is 2. The van der Waals surface area contributed by atoms with Crippen molar-refractivity contribution in [3.63, 3.8) is 0 Å². The molecule has 0 radical (unpaired) electrons. The van der Waals surface area contributed by atoms with Crippen LogP contribution in [0.15, 0.2) is 160 Å². The largest absolute Gasteiger partial charge is 0.380 e. The van der Waals surface area contributed by atoms with Crippen molar-refractivity contribution in [2.75, 3.05) is 5.08 Å². The van der Waals surface area contributed by atoms with Crippen LogP contribution in [0.3, 0.4) is 0 Å². The molecule has 240 valence electrons. The highest BCUT2D eigenvalue weighted by Gasteiger charge is 2.25. The molecule has 0 saturated carbocycles. The van der Waals surface area contributed by atoms with Gasteiger partial charge in [-0.25, -0.2) is 16.8 Å². The van der Waals surface area contributed by atoms with Gasteiger partial charge in [0.2, 0.25) is 0 Å². The Morgan fingerprint density at radius 2 is 0.913 bits per heavy atom. The van der Waals surface area contributed by atoms with E-state index in [0.717, 1.165) is 5.56 Å². The van der Waals surface area contributed by atoms with Crippen molar-refractivity contribution in [2.24, 2.45) is 0 Å². The van der Waals surface area contributed by atoms with Gasteiger partial charge < -0.3 is 5.11 Å². The average molecular weight is 681 g/mol. The molecule has 5 aromatic carbocycles. The van der Waals surface area contributed by atoms with Gasteiger partial charge in [-0.15, -0.1) is 0 Å². The van der Waals surface area contributed by atoms with Crippen LogP contribution in [0.5, 0.6) is 0 Å². The van der Waals surface area contributed by atoms with Crippen LogP contribution in [0.1, 0.15) is 27.6 Å². The Hall–Kier alpha value is -4.46. The first-order valence-corrected chi connectivity index (χ1v) is 18.4. The van der Waals surface area contributed by atoms with E-state index in [9.17, 15) is 35.2 Å². The van der Waals surface area contributed by atoms with Crippen LogP contribution >= 0.6 is 0 Å². The van der Waals surface area contributed by atoms with Gasteiger partial charge in [0.25, 0.3) is 10.1 Å². The minimum atomic E-state index is -4.02. The smallest absolute Gasteiger partial charge is 0.294 e. The van der Waals surface area contributed by atoms with Crippen LogP contribution in [0.2, 0.25) is 0 Å². The summed E-state index contributed by atoms with van der Waals surface area (Å²) in [5.74, 6) is -0.271. The zero-order valence-corrected chi connectivity index (χ0v) is 27.1. The number of hydrogen-bond acceptors (Lipinski definition) is 8. The van der Waals surface area contributed by atoms with Crippen LogP contribution in [0.25, 0.3) is 0 Å². The average Bonchev–Trinajstić information content (AvgIpc) is 3.06. The molecule has 0 heterocycles. The molecule has 5 aromatic rings. The maximum atomic E-state index is 12.0. The molecule has 1 atom stereocenters. The highest BCUT2D eigenvalue weighted by atomic mass is 32.3. The van der Waals surface area contributed by atoms with Crippen molar-refractivity contribution < 1.29 is 39.7 Å². The summed E-state index contributed by atoms with van der Waals surface area (Å²) in [6.45, 7) is 1.84. The number of aliphatic hydroxyl groups is 1. The normalized spacial score (nSPS) is 12.0. The predicted octanol–water partition coefficient (Wildman–Crippen LogP) is 5.74. The Morgan fingerprint density at radius 3 is 1.30 bits per heavy atom. The molecule has 0 bridgehead atoms. The molecule has 0 aliphatic rings. The molecule has 0 amide bonds. The van der Waals surface area contributed by atoms with Gasteiger partial charge in [0.05, 0.1) is 14.7 Å². The molecule has 0 aliphatic carbocycles. The molecular weight excluding hydrogens is 649 g/mol. The quantitative estimate of drug-likeness (QED) is 0.154. The summed E-state index contributed by atoms with van der Waals surface area (Å²) in [6.07, 6.45) is -1.08. The van der Waals surface area contributed by atoms with Crippen molar-refractivity contribution in [3.8, 4) is 0 Å². The maximum Gasteiger partial charge on any atom is 0.294 e. The first-order chi connectivity index (χ1) is 21.7. The van der Waals surface area contributed by atoms with Crippen LogP contribution in [-0.4, -0.2) is 45.8 Å². The highest BCUT2D eigenvalue weighted by Crippen LogP contribution is 2.19. The predicted molar refractivity (Wildman–Crippen MR) is 175 cm³/mol. The lowest BCUT2D eigenvalue weighted by molar-refractivity contribution is 0.0747.